The van der Waals surface area contributed by atoms with Crippen molar-refractivity contribution in [1.29, 1.82) is 0 Å². The smallest absolute Gasteiger partial charge is 0.0475 e. The lowest BCUT2D eigenvalue weighted by Gasteiger charge is -2.41. The molecule has 0 aliphatic heterocycles. The highest BCUT2D eigenvalue weighted by molar-refractivity contribution is 5.40. The van der Waals surface area contributed by atoms with E-state index in [1.54, 1.807) is 5.56 Å². The standard InChI is InChI=1S/C11H13N/c1-2-5-9-8(4-1)10-6-3-7-12-11(9)10/h3,6-9H,1-2,4-5H2. The molecule has 1 saturated carbocycles. The molecule has 1 aromatic heterocycles. The van der Waals surface area contributed by atoms with Crippen LogP contribution in [0, 0.1) is 0 Å². The van der Waals surface area contributed by atoms with Crippen LogP contribution in [0.15, 0.2) is 18.3 Å². The number of aromatic nitrogens is 1. The van der Waals surface area contributed by atoms with E-state index in [0.717, 1.165) is 11.8 Å². The van der Waals surface area contributed by atoms with E-state index >= 15 is 0 Å². The Labute approximate surface area is 72.8 Å². The van der Waals surface area contributed by atoms with E-state index in [2.05, 4.69) is 17.1 Å². The highest BCUT2D eigenvalue weighted by Gasteiger charge is 2.39. The van der Waals surface area contributed by atoms with Gasteiger partial charge in [-0.15, -0.1) is 0 Å². The zero-order valence-electron chi connectivity index (χ0n) is 7.16. The summed E-state index contributed by atoms with van der Waals surface area (Å²) in [5, 5.41) is 0. The van der Waals surface area contributed by atoms with Crippen LogP contribution in [0.1, 0.15) is 48.8 Å². The molecule has 2 aliphatic carbocycles. The Morgan fingerprint density at radius 3 is 2.92 bits per heavy atom. The molecule has 2 aliphatic rings. The van der Waals surface area contributed by atoms with Crippen molar-refractivity contribution in [2.75, 3.05) is 0 Å². The molecular weight excluding hydrogens is 146 g/mol. The summed E-state index contributed by atoms with van der Waals surface area (Å²) in [4.78, 5) is 4.45. The third-order valence-corrected chi connectivity index (χ3v) is 3.39. The van der Waals surface area contributed by atoms with E-state index in [1.807, 2.05) is 6.20 Å². The Balaban J connectivity index is 2.03. The first-order valence-corrected chi connectivity index (χ1v) is 4.91. The van der Waals surface area contributed by atoms with E-state index in [4.69, 9.17) is 0 Å². The fraction of sp³-hybridized carbons (Fsp3) is 0.545. The van der Waals surface area contributed by atoms with Gasteiger partial charge in [-0.1, -0.05) is 18.9 Å². The van der Waals surface area contributed by atoms with Crippen LogP contribution in [0.2, 0.25) is 0 Å². The second kappa shape index (κ2) is 2.32. The van der Waals surface area contributed by atoms with Crippen molar-refractivity contribution in [2.24, 2.45) is 0 Å². The minimum absolute atomic E-state index is 0.829. The Morgan fingerprint density at radius 2 is 2.00 bits per heavy atom. The van der Waals surface area contributed by atoms with Crippen molar-refractivity contribution in [2.45, 2.75) is 37.5 Å². The van der Waals surface area contributed by atoms with Gasteiger partial charge in [0.25, 0.3) is 0 Å². The molecule has 1 fully saturated rings. The lowest BCUT2D eigenvalue weighted by molar-refractivity contribution is 0.332. The minimum atomic E-state index is 0.829. The van der Waals surface area contributed by atoms with E-state index in [0.29, 0.717) is 0 Å². The third kappa shape index (κ3) is 0.715. The summed E-state index contributed by atoms with van der Waals surface area (Å²) in [5.41, 5.74) is 2.95. The van der Waals surface area contributed by atoms with Gasteiger partial charge in [-0.3, -0.25) is 4.98 Å². The van der Waals surface area contributed by atoms with Crippen LogP contribution in [0.4, 0.5) is 0 Å². The zero-order chi connectivity index (χ0) is 7.97. The molecule has 1 aromatic rings. The molecule has 0 saturated heterocycles. The molecule has 3 rings (SSSR count). The van der Waals surface area contributed by atoms with Crippen LogP contribution in [-0.4, -0.2) is 4.98 Å². The lowest BCUT2D eigenvalue weighted by atomic mass is 9.64. The Morgan fingerprint density at radius 1 is 1.17 bits per heavy atom. The average molecular weight is 159 g/mol. The second-order valence-corrected chi connectivity index (χ2v) is 3.98. The number of hydrogen-bond donors (Lipinski definition) is 0. The van der Waals surface area contributed by atoms with Gasteiger partial charge in [-0.25, -0.2) is 0 Å². The van der Waals surface area contributed by atoms with Gasteiger partial charge in [0.05, 0.1) is 0 Å². The largest absolute Gasteiger partial charge is 0.261 e. The number of nitrogens with zero attached hydrogens (tertiary/aromatic N) is 1. The lowest BCUT2D eigenvalue weighted by Crippen LogP contribution is -2.28. The maximum atomic E-state index is 4.45. The molecule has 0 spiro atoms. The van der Waals surface area contributed by atoms with Gasteiger partial charge >= 0.3 is 0 Å². The third-order valence-electron chi connectivity index (χ3n) is 3.39. The molecule has 12 heavy (non-hydrogen) atoms. The second-order valence-electron chi connectivity index (χ2n) is 3.98. The van der Waals surface area contributed by atoms with Crippen molar-refractivity contribution in [3.8, 4) is 0 Å². The first-order valence-electron chi connectivity index (χ1n) is 4.91. The topological polar surface area (TPSA) is 12.9 Å². The quantitative estimate of drug-likeness (QED) is 0.567. The Hall–Kier alpha value is -0.850. The van der Waals surface area contributed by atoms with Crippen LogP contribution in [0.25, 0.3) is 0 Å². The number of fused-ring (bicyclic) bond motifs is 4. The summed E-state index contributed by atoms with van der Waals surface area (Å²) in [7, 11) is 0. The maximum Gasteiger partial charge on any atom is 0.0475 e. The number of hydrogen-bond acceptors (Lipinski definition) is 1. The van der Waals surface area contributed by atoms with E-state index in [1.165, 1.54) is 31.4 Å². The molecule has 1 heteroatoms. The first kappa shape index (κ1) is 6.64. The van der Waals surface area contributed by atoms with Crippen molar-refractivity contribution in [1.82, 2.24) is 4.98 Å². The van der Waals surface area contributed by atoms with Crippen molar-refractivity contribution >= 4 is 0 Å². The number of pyridine rings is 1. The molecule has 2 unspecified atom stereocenters. The van der Waals surface area contributed by atoms with Gasteiger partial charge < -0.3 is 0 Å². The molecule has 62 valence electrons. The molecular formula is C11H13N. The van der Waals surface area contributed by atoms with Crippen molar-refractivity contribution in [3.05, 3.63) is 29.6 Å². The summed E-state index contributed by atoms with van der Waals surface area (Å²) in [5.74, 6) is 1.71. The monoisotopic (exact) mass is 159 g/mol. The fourth-order valence-corrected chi connectivity index (χ4v) is 2.79. The van der Waals surface area contributed by atoms with Gasteiger partial charge in [0, 0.05) is 17.8 Å². The summed E-state index contributed by atoms with van der Waals surface area (Å²) in [6, 6.07) is 4.33. The maximum absolute atomic E-state index is 4.45. The minimum Gasteiger partial charge on any atom is -0.261 e. The molecule has 0 bridgehead atoms. The number of rotatable bonds is 0. The van der Waals surface area contributed by atoms with Crippen LogP contribution >= 0.6 is 0 Å². The molecule has 1 nitrogen and oxygen atoms in total. The highest BCUT2D eigenvalue weighted by Crippen LogP contribution is 2.53. The Kier molecular flexibility index (Phi) is 1.28. The van der Waals surface area contributed by atoms with E-state index in [-0.39, 0.29) is 0 Å². The van der Waals surface area contributed by atoms with Gasteiger partial charge in [0.1, 0.15) is 0 Å². The zero-order valence-corrected chi connectivity index (χ0v) is 7.16. The summed E-state index contributed by atoms with van der Waals surface area (Å²) in [6.07, 6.45) is 7.56. The average Bonchev–Trinajstić information content (AvgIpc) is 2.14. The molecule has 0 aromatic carbocycles. The molecule has 2 atom stereocenters. The van der Waals surface area contributed by atoms with Gasteiger partial charge in [-0.05, 0) is 30.4 Å². The van der Waals surface area contributed by atoms with Crippen molar-refractivity contribution in [3.63, 3.8) is 0 Å². The van der Waals surface area contributed by atoms with Crippen LogP contribution < -0.4 is 0 Å². The van der Waals surface area contributed by atoms with Crippen molar-refractivity contribution < 1.29 is 0 Å². The van der Waals surface area contributed by atoms with Gasteiger partial charge in [-0.2, -0.15) is 0 Å². The predicted molar refractivity (Wildman–Crippen MR) is 48.2 cm³/mol. The highest BCUT2D eigenvalue weighted by atomic mass is 14.7. The normalized spacial score (nSPS) is 31.7. The van der Waals surface area contributed by atoms with Gasteiger partial charge in [0.15, 0.2) is 0 Å². The SMILES string of the molecule is c1cnc2c(c1)C1CCCCC21. The fourth-order valence-electron chi connectivity index (χ4n) is 2.79. The Bertz CT molecular complexity index is 275. The van der Waals surface area contributed by atoms with Crippen LogP contribution in [0.3, 0.4) is 0 Å². The van der Waals surface area contributed by atoms with E-state index < -0.39 is 0 Å². The first-order chi connectivity index (χ1) is 5.97. The van der Waals surface area contributed by atoms with Crippen LogP contribution in [-0.2, 0) is 0 Å². The predicted octanol–water partition coefficient (Wildman–Crippen LogP) is 2.84. The molecule has 0 radical (unpaired) electrons. The summed E-state index contributed by atoms with van der Waals surface area (Å²) < 4.78 is 0. The van der Waals surface area contributed by atoms with E-state index in [9.17, 15) is 0 Å². The summed E-state index contributed by atoms with van der Waals surface area (Å²) in [6.45, 7) is 0. The molecule has 1 heterocycles. The summed E-state index contributed by atoms with van der Waals surface area (Å²) >= 11 is 0. The molecule has 0 N–H and O–H groups in total. The molecule has 0 amide bonds. The van der Waals surface area contributed by atoms with Gasteiger partial charge in [0.2, 0.25) is 0 Å². The van der Waals surface area contributed by atoms with Crippen LogP contribution in [0.5, 0.6) is 0 Å².